The molecule has 0 unspecified atom stereocenters. The van der Waals surface area contributed by atoms with E-state index in [4.69, 9.17) is 9.47 Å². The number of carbonyl (C=O) groups excluding carboxylic acids is 2. The fraction of sp³-hybridized carbons (Fsp3) is 0.769. The van der Waals surface area contributed by atoms with Crippen molar-refractivity contribution in [1.29, 1.82) is 0 Å². The maximum absolute atomic E-state index is 11.2. The van der Waals surface area contributed by atoms with Gasteiger partial charge in [0.2, 0.25) is 0 Å². The maximum atomic E-state index is 11.2. The topological polar surface area (TPSA) is 52.6 Å². The highest BCUT2D eigenvalue weighted by atomic mass is 16.6. The molecule has 1 radical (unpaired) electrons. The molecule has 17 heavy (non-hydrogen) atoms. The predicted octanol–water partition coefficient (Wildman–Crippen LogP) is 2.66. The van der Waals surface area contributed by atoms with Crippen LogP contribution in [0, 0.1) is 5.92 Å². The van der Waals surface area contributed by atoms with Gasteiger partial charge in [0, 0.05) is 5.92 Å². The Morgan fingerprint density at radius 2 is 1.59 bits per heavy atom. The summed E-state index contributed by atoms with van der Waals surface area (Å²) in [7, 11) is 0. The summed E-state index contributed by atoms with van der Waals surface area (Å²) in [6, 6.07) is 0. The van der Waals surface area contributed by atoms with Crippen LogP contribution in [0.4, 0.5) is 0 Å². The predicted molar refractivity (Wildman–Crippen MR) is 65.3 cm³/mol. The van der Waals surface area contributed by atoms with E-state index in [2.05, 4.69) is 6.92 Å². The monoisotopic (exact) mass is 243 g/mol. The van der Waals surface area contributed by atoms with Gasteiger partial charge in [-0.2, -0.15) is 0 Å². The van der Waals surface area contributed by atoms with Crippen molar-refractivity contribution < 1.29 is 19.1 Å². The van der Waals surface area contributed by atoms with Crippen molar-refractivity contribution in [1.82, 2.24) is 0 Å². The van der Waals surface area contributed by atoms with Crippen LogP contribution in [0.3, 0.4) is 0 Å². The standard InChI is InChI=1S/C13H23O4/c1-4-5-6-7-8-16-12(14)9-13(15)17-10-11(2)3/h4-10H2,1-3H3. The second-order valence-corrected chi connectivity index (χ2v) is 4.33. The van der Waals surface area contributed by atoms with Gasteiger partial charge in [-0.1, -0.05) is 40.0 Å². The summed E-state index contributed by atoms with van der Waals surface area (Å²) in [6.07, 6.45) is 3.91. The largest absolute Gasteiger partial charge is 0.465 e. The second kappa shape index (κ2) is 10.1. The average Bonchev–Trinajstić information content (AvgIpc) is 2.26. The van der Waals surface area contributed by atoms with Crippen LogP contribution in [0.25, 0.3) is 0 Å². The Kier molecular flexibility index (Phi) is 9.49. The molecule has 0 aromatic rings. The molecular formula is C13H23O4. The zero-order chi connectivity index (χ0) is 13.1. The van der Waals surface area contributed by atoms with E-state index in [1.165, 1.54) is 0 Å². The van der Waals surface area contributed by atoms with Gasteiger partial charge in [-0.05, 0) is 6.42 Å². The van der Waals surface area contributed by atoms with Gasteiger partial charge in [0.1, 0.15) is 6.42 Å². The molecule has 0 aliphatic heterocycles. The van der Waals surface area contributed by atoms with Crippen LogP contribution in [0.15, 0.2) is 0 Å². The molecule has 0 aromatic carbocycles. The smallest absolute Gasteiger partial charge is 0.317 e. The Morgan fingerprint density at radius 1 is 0.941 bits per heavy atom. The molecule has 0 saturated heterocycles. The molecule has 0 saturated carbocycles. The van der Waals surface area contributed by atoms with Crippen molar-refractivity contribution in [2.24, 2.45) is 0 Å². The average molecular weight is 243 g/mol. The summed E-state index contributed by atoms with van der Waals surface area (Å²) in [5.74, 6) is -0.0312. The van der Waals surface area contributed by atoms with E-state index in [0.717, 1.165) is 31.6 Å². The molecule has 0 rings (SSSR count). The first-order valence-corrected chi connectivity index (χ1v) is 6.16. The minimum atomic E-state index is -0.523. The summed E-state index contributed by atoms with van der Waals surface area (Å²) < 4.78 is 9.76. The van der Waals surface area contributed by atoms with Gasteiger partial charge in [0.25, 0.3) is 0 Å². The van der Waals surface area contributed by atoms with Gasteiger partial charge in [-0.25, -0.2) is 0 Å². The summed E-state index contributed by atoms with van der Waals surface area (Å²) in [5.41, 5.74) is 0. The highest BCUT2D eigenvalue weighted by Crippen LogP contribution is 2.01. The molecule has 0 aliphatic rings. The third kappa shape index (κ3) is 11.2. The minimum absolute atomic E-state index is 0.266. The molecule has 0 N–H and O–H groups in total. The molecular weight excluding hydrogens is 220 g/mol. The van der Waals surface area contributed by atoms with Crippen LogP contribution in [0.5, 0.6) is 0 Å². The van der Waals surface area contributed by atoms with E-state index in [-0.39, 0.29) is 13.0 Å². The van der Waals surface area contributed by atoms with Crippen molar-refractivity contribution >= 4 is 11.9 Å². The van der Waals surface area contributed by atoms with Crippen LogP contribution in [0.1, 0.15) is 52.9 Å². The lowest BCUT2D eigenvalue weighted by molar-refractivity contribution is -0.154. The molecule has 99 valence electrons. The number of ether oxygens (including phenoxy) is 2. The van der Waals surface area contributed by atoms with Gasteiger partial charge < -0.3 is 9.47 Å². The van der Waals surface area contributed by atoms with Gasteiger partial charge in [-0.3, -0.25) is 9.59 Å². The van der Waals surface area contributed by atoms with Crippen molar-refractivity contribution in [3.63, 3.8) is 0 Å². The van der Waals surface area contributed by atoms with Crippen molar-refractivity contribution in [2.45, 2.75) is 52.9 Å². The van der Waals surface area contributed by atoms with E-state index in [1.54, 1.807) is 0 Å². The van der Waals surface area contributed by atoms with E-state index in [9.17, 15) is 9.59 Å². The van der Waals surface area contributed by atoms with Gasteiger partial charge in [-0.15, -0.1) is 0 Å². The van der Waals surface area contributed by atoms with E-state index in [0.29, 0.717) is 6.61 Å². The quantitative estimate of drug-likeness (QED) is 0.355. The van der Waals surface area contributed by atoms with E-state index >= 15 is 0 Å². The molecule has 0 amide bonds. The molecule has 0 spiro atoms. The van der Waals surface area contributed by atoms with Crippen molar-refractivity contribution in [2.75, 3.05) is 13.2 Å². The second-order valence-electron chi connectivity index (χ2n) is 4.33. The third-order valence-corrected chi connectivity index (χ3v) is 2.07. The Labute approximate surface area is 104 Å². The molecule has 0 aromatic heterocycles. The molecule has 0 fully saturated rings. The first kappa shape index (κ1) is 15.9. The highest BCUT2D eigenvalue weighted by Gasteiger charge is 2.12. The molecule has 4 heteroatoms. The van der Waals surface area contributed by atoms with Gasteiger partial charge in [0.15, 0.2) is 0 Å². The molecule has 0 heterocycles. The molecule has 0 aliphatic carbocycles. The number of hydrogen-bond acceptors (Lipinski definition) is 4. The van der Waals surface area contributed by atoms with Crippen LogP contribution in [-0.4, -0.2) is 25.2 Å². The third-order valence-electron chi connectivity index (χ3n) is 2.07. The molecule has 0 atom stereocenters. The summed E-state index contributed by atoms with van der Waals surface area (Å²) in [4.78, 5) is 22.4. The minimum Gasteiger partial charge on any atom is -0.465 e. The Bertz CT molecular complexity index is 223. The Hall–Kier alpha value is -1.06. The zero-order valence-corrected chi connectivity index (χ0v) is 11.1. The molecule has 0 bridgehead atoms. The van der Waals surface area contributed by atoms with Gasteiger partial charge in [0.05, 0.1) is 13.2 Å². The van der Waals surface area contributed by atoms with E-state index < -0.39 is 11.9 Å². The van der Waals surface area contributed by atoms with Crippen molar-refractivity contribution in [3.05, 3.63) is 5.92 Å². The van der Waals surface area contributed by atoms with Crippen molar-refractivity contribution in [3.8, 4) is 0 Å². The zero-order valence-electron chi connectivity index (χ0n) is 11.1. The number of carbonyl (C=O) groups is 2. The lowest BCUT2D eigenvalue weighted by Gasteiger charge is -2.07. The number of esters is 2. The number of unbranched alkanes of at least 4 members (excludes halogenated alkanes) is 3. The maximum Gasteiger partial charge on any atom is 0.317 e. The summed E-state index contributed by atoms with van der Waals surface area (Å²) in [5, 5.41) is 0. The van der Waals surface area contributed by atoms with Crippen LogP contribution < -0.4 is 0 Å². The number of hydrogen-bond donors (Lipinski definition) is 0. The summed E-state index contributed by atoms with van der Waals surface area (Å²) in [6.45, 7) is 6.50. The SMILES string of the molecule is CCCCCCOC(=O)CC(=O)OC[C](C)C. The van der Waals surface area contributed by atoms with Crippen LogP contribution in [0.2, 0.25) is 0 Å². The number of rotatable bonds is 9. The van der Waals surface area contributed by atoms with Crippen LogP contribution >= 0.6 is 0 Å². The normalized spacial score (nSPS) is 10.4. The first-order valence-electron chi connectivity index (χ1n) is 6.16. The molecule has 4 nitrogen and oxygen atoms in total. The Balaban J connectivity index is 3.47. The fourth-order valence-corrected chi connectivity index (χ4v) is 1.16. The highest BCUT2D eigenvalue weighted by molar-refractivity contribution is 5.91. The van der Waals surface area contributed by atoms with E-state index in [1.807, 2.05) is 13.8 Å². The van der Waals surface area contributed by atoms with Gasteiger partial charge >= 0.3 is 11.9 Å². The fourth-order valence-electron chi connectivity index (χ4n) is 1.16. The van der Waals surface area contributed by atoms with Crippen LogP contribution in [-0.2, 0) is 19.1 Å². The lowest BCUT2D eigenvalue weighted by atomic mass is 10.2. The lowest BCUT2D eigenvalue weighted by Crippen LogP contribution is -2.16. The summed E-state index contributed by atoms with van der Waals surface area (Å²) >= 11 is 0. The first-order chi connectivity index (χ1) is 8.06. The Morgan fingerprint density at radius 3 is 2.18 bits per heavy atom.